The summed E-state index contributed by atoms with van der Waals surface area (Å²) in [5.41, 5.74) is 8.95. The number of aryl methyl sites for hydroxylation is 2. The first-order chi connectivity index (χ1) is 8.58. The summed E-state index contributed by atoms with van der Waals surface area (Å²) in [5.74, 6) is 0.113. The highest BCUT2D eigenvalue weighted by molar-refractivity contribution is 7.99. The third-order valence-corrected chi connectivity index (χ3v) is 3.95. The Morgan fingerprint density at radius 3 is 2.44 bits per heavy atom. The van der Waals surface area contributed by atoms with E-state index < -0.39 is 0 Å². The van der Waals surface area contributed by atoms with E-state index >= 15 is 0 Å². The molecule has 0 bridgehead atoms. The number of nitrogens with one attached hydrogen (secondary N) is 1. The van der Waals surface area contributed by atoms with Crippen LogP contribution in [0.4, 0.5) is 0 Å². The fraction of sp³-hybridized carbons (Fsp3) is 0.133. The van der Waals surface area contributed by atoms with Gasteiger partial charge in [0.15, 0.2) is 0 Å². The molecule has 0 radical (unpaired) electrons. The van der Waals surface area contributed by atoms with Crippen molar-refractivity contribution in [2.45, 2.75) is 23.6 Å². The summed E-state index contributed by atoms with van der Waals surface area (Å²) >= 11 is 1.64. The Bertz CT molecular complexity index is 591. The summed E-state index contributed by atoms with van der Waals surface area (Å²) in [6, 6.07) is 14.1. The SMILES string of the molecule is Cc1ccc(Sc2ccccc2C(=N)N)cc1C. The summed E-state index contributed by atoms with van der Waals surface area (Å²) in [7, 11) is 0. The lowest BCUT2D eigenvalue weighted by Gasteiger charge is -2.09. The van der Waals surface area contributed by atoms with Gasteiger partial charge in [0.1, 0.15) is 5.84 Å². The number of amidine groups is 1. The van der Waals surface area contributed by atoms with Crippen LogP contribution in [0, 0.1) is 19.3 Å². The summed E-state index contributed by atoms with van der Waals surface area (Å²) in [6.45, 7) is 4.21. The third-order valence-electron chi connectivity index (χ3n) is 2.88. The first-order valence-electron chi connectivity index (χ1n) is 5.76. The summed E-state index contributed by atoms with van der Waals surface area (Å²) in [5, 5.41) is 7.58. The van der Waals surface area contributed by atoms with Crippen molar-refractivity contribution in [2.75, 3.05) is 0 Å². The van der Waals surface area contributed by atoms with E-state index in [1.165, 1.54) is 16.0 Å². The van der Waals surface area contributed by atoms with Gasteiger partial charge >= 0.3 is 0 Å². The Balaban J connectivity index is 2.34. The zero-order valence-electron chi connectivity index (χ0n) is 10.5. The molecule has 2 aromatic rings. The zero-order chi connectivity index (χ0) is 13.1. The van der Waals surface area contributed by atoms with Gasteiger partial charge in [-0.05, 0) is 43.2 Å². The molecule has 0 heterocycles. The highest BCUT2D eigenvalue weighted by atomic mass is 32.2. The predicted octanol–water partition coefficient (Wildman–Crippen LogP) is 3.74. The maximum absolute atomic E-state index is 7.58. The van der Waals surface area contributed by atoms with E-state index in [0.717, 1.165) is 10.5 Å². The highest BCUT2D eigenvalue weighted by Crippen LogP contribution is 2.31. The van der Waals surface area contributed by atoms with E-state index in [0.29, 0.717) is 0 Å². The number of hydrogen-bond acceptors (Lipinski definition) is 2. The van der Waals surface area contributed by atoms with E-state index in [-0.39, 0.29) is 5.84 Å². The number of benzene rings is 2. The van der Waals surface area contributed by atoms with Crippen LogP contribution in [0.5, 0.6) is 0 Å². The standard InChI is InChI=1S/C15H16N2S/c1-10-7-8-12(9-11(10)2)18-14-6-4-3-5-13(14)15(16)17/h3-9H,1-2H3,(H3,16,17). The van der Waals surface area contributed by atoms with Crippen molar-refractivity contribution in [3.8, 4) is 0 Å². The molecule has 0 atom stereocenters. The van der Waals surface area contributed by atoms with Crippen LogP contribution in [0.3, 0.4) is 0 Å². The molecule has 0 fully saturated rings. The highest BCUT2D eigenvalue weighted by Gasteiger charge is 2.06. The topological polar surface area (TPSA) is 49.9 Å². The number of nitrogen functional groups attached to an aromatic ring is 1. The molecule has 0 saturated heterocycles. The molecule has 0 aliphatic carbocycles. The fourth-order valence-electron chi connectivity index (χ4n) is 1.68. The minimum atomic E-state index is 0.113. The van der Waals surface area contributed by atoms with Crippen molar-refractivity contribution in [3.63, 3.8) is 0 Å². The van der Waals surface area contributed by atoms with Crippen LogP contribution < -0.4 is 5.73 Å². The second-order valence-corrected chi connectivity index (χ2v) is 5.37. The summed E-state index contributed by atoms with van der Waals surface area (Å²) in [4.78, 5) is 2.19. The van der Waals surface area contributed by atoms with Crippen molar-refractivity contribution < 1.29 is 0 Å². The maximum Gasteiger partial charge on any atom is 0.123 e. The van der Waals surface area contributed by atoms with Gasteiger partial charge in [-0.2, -0.15) is 0 Å². The van der Waals surface area contributed by atoms with Gasteiger partial charge in [0.2, 0.25) is 0 Å². The molecular formula is C15H16N2S. The lowest BCUT2D eigenvalue weighted by Crippen LogP contribution is -2.11. The molecular weight excluding hydrogens is 240 g/mol. The van der Waals surface area contributed by atoms with Crippen LogP contribution in [0.25, 0.3) is 0 Å². The molecule has 2 aromatic carbocycles. The van der Waals surface area contributed by atoms with Crippen molar-refractivity contribution in [3.05, 3.63) is 59.2 Å². The van der Waals surface area contributed by atoms with Crippen LogP contribution >= 0.6 is 11.8 Å². The van der Waals surface area contributed by atoms with E-state index in [1.54, 1.807) is 11.8 Å². The van der Waals surface area contributed by atoms with E-state index in [2.05, 4.69) is 32.0 Å². The van der Waals surface area contributed by atoms with E-state index in [9.17, 15) is 0 Å². The quantitative estimate of drug-likeness (QED) is 0.649. The first kappa shape index (κ1) is 12.7. The number of hydrogen-bond donors (Lipinski definition) is 2. The molecule has 92 valence electrons. The van der Waals surface area contributed by atoms with Crippen molar-refractivity contribution in [1.29, 1.82) is 5.41 Å². The average Bonchev–Trinajstić information content (AvgIpc) is 2.34. The molecule has 0 unspecified atom stereocenters. The first-order valence-corrected chi connectivity index (χ1v) is 6.58. The molecule has 0 spiro atoms. The summed E-state index contributed by atoms with van der Waals surface area (Å²) < 4.78 is 0. The zero-order valence-corrected chi connectivity index (χ0v) is 11.3. The third kappa shape index (κ3) is 2.74. The van der Waals surface area contributed by atoms with Gasteiger partial charge in [-0.15, -0.1) is 0 Å². The van der Waals surface area contributed by atoms with E-state index in [4.69, 9.17) is 11.1 Å². The molecule has 0 amide bonds. The molecule has 2 nitrogen and oxygen atoms in total. The van der Waals surface area contributed by atoms with Crippen molar-refractivity contribution >= 4 is 17.6 Å². The Labute approximate surface area is 112 Å². The van der Waals surface area contributed by atoms with Crippen LogP contribution in [-0.2, 0) is 0 Å². The van der Waals surface area contributed by atoms with Gasteiger partial charge in [-0.3, -0.25) is 5.41 Å². The van der Waals surface area contributed by atoms with E-state index in [1.807, 2.05) is 24.3 Å². The van der Waals surface area contributed by atoms with Gasteiger partial charge in [0, 0.05) is 15.4 Å². The van der Waals surface area contributed by atoms with Crippen LogP contribution in [-0.4, -0.2) is 5.84 Å². The molecule has 2 rings (SSSR count). The van der Waals surface area contributed by atoms with Crippen molar-refractivity contribution in [2.24, 2.45) is 5.73 Å². The molecule has 0 saturated carbocycles. The monoisotopic (exact) mass is 256 g/mol. The molecule has 0 aliphatic rings. The Hall–Kier alpha value is -1.74. The largest absolute Gasteiger partial charge is 0.384 e. The van der Waals surface area contributed by atoms with Gasteiger partial charge < -0.3 is 5.73 Å². The summed E-state index contributed by atoms with van der Waals surface area (Å²) in [6.07, 6.45) is 0. The lowest BCUT2D eigenvalue weighted by atomic mass is 10.1. The molecule has 3 N–H and O–H groups in total. The minimum absolute atomic E-state index is 0.113. The maximum atomic E-state index is 7.58. The molecule has 0 aliphatic heterocycles. The fourth-order valence-corrected chi connectivity index (χ4v) is 2.74. The van der Waals surface area contributed by atoms with Gasteiger partial charge in [0.05, 0.1) is 0 Å². The molecule has 18 heavy (non-hydrogen) atoms. The minimum Gasteiger partial charge on any atom is -0.384 e. The normalized spacial score (nSPS) is 10.3. The van der Waals surface area contributed by atoms with Crippen molar-refractivity contribution in [1.82, 2.24) is 0 Å². The average molecular weight is 256 g/mol. The van der Waals surface area contributed by atoms with Crippen LogP contribution in [0.1, 0.15) is 16.7 Å². The second-order valence-electron chi connectivity index (χ2n) is 4.26. The lowest BCUT2D eigenvalue weighted by molar-refractivity contribution is 1.27. The Morgan fingerprint density at radius 2 is 1.78 bits per heavy atom. The van der Waals surface area contributed by atoms with Gasteiger partial charge in [-0.25, -0.2) is 0 Å². The van der Waals surface area contributed by atoms with Gasteiger partial charge in [-0.1, -0.05) is 36.0 Å². The van der Waals surface area contributed by atoms with Crippen LogP contribution in [0.15, 0.2) is 52.3 Å². The number of nitrogens with two attached hydrogens (primary N) is 1. The predicted molar refractivity (Wildman–Crippen MR) is 77.5 cm³/mol. The Morgan fingerprint density at radius 1 is 1.06 bits per heavy atom. The molecule has 3 heteroatoms. The van der Waals surface area contributed by atoms with Gasteiger partial charge in [0.25, 0.3) is 0 Å². The van der Waals surface area contributed by atoms with Crippen LogP contribution in [0.2, 0.25) is 0 Å². The molecule has 0 aromatic heterocycles. The Kier molecular flexibility index (Phi) is 3.72. The number of rotatable bonds is 3. The second kappa shape index (κ2) is 5.27. The smallest absolute Gasteiger partial charge is 0.123 e.